The minimum atomic E-state index is -0.755. The highest BCUT2D eigenvalue weighted by atomic mass is 32.2. The van der Waals surface area contributed by atoms with Gasteiger partial charge in [0.1, 0.15) is 0 Å². The molecule has 0 saturated carbocycles. The smallest absolute Gasteiger partial charge is 0.0597 e. The third-order valence-corrected chi connectivity index (χ3v) is 3.89. The normalized spacial score (nSPS) is 15.0. The van der Waals surface area contributed by atoms with Crippen LogP contribution in [0.5, 0.6) is 0 Å². The van der Waals surface area contributed by atoms with E-state index >= 15 is 0 Å². The number of rotatable bonds is 6. The molecule has 1 N–H and O–H groups in total. The molecule has 1 rings (SSSR count). The largest absolute Gasteiger partial charge is 0.310 e. The van der Waals surface area contributed by atoms with Gasteiger partial charge >= 0.3 is 0 Å². The van der Waals surface area contributed by atoms with Crippen LogP contribution in [0.2, 0.25) is 0 Å². The first-order chi connectivity index (χ1) is 7.54. The van der Waals surface area contributed by atoms with Crippen LogP contribution in [0.3, 0.4) is 0 Å². The van der Waals surface area contributed by atoms with E-state index in [4.69, 9.17) is 0 Å². The molecule has 1 aromatic rings. The Hall–Kier alpha value is -0.680. The zero-order valence-electron chi connectivity index (χ0n) is 10.5. The molecule has 0 aliphatic rings. The summed E-state index contributed by atoms with van der Waals surface area (Å²) in [6.45, 7) is 8.53. The van der Waals surface area contributed by atoms with Gasteiger partial charge in [-0.1, -0.05) is 0 Å². The van der Waals surface area contributed by atoms with Crippen molar-refractivity contribution < 1.29 is 4.21 Å². The van der Waals surface area contributed by atoms with Crippen LogP contribution < -0.4 is 5.32 Å². The molecule has 2 unspecified atom stereocenters. The summed E-state index contributed by atoms with van der Waals surface area (Å²) in [7, 11) is -0.755. The maximum absolute atomic E-state index is 11.2. The summed E-state index contributed by atoms with van der Waals surface area (Å²) in [6, 6.07) is 2.09. The Balaban J connectivity index is 2.45. The summed E-state index contributed by atoms with van der Waals surface area (Å²) in [5.41, 5.74) is 2.24. The van der Waals surface area contributed by atoms with Gasteiger partial charge < -0.3 is 5.32 Å². The van der Waals surface area contributed by atoms with Crippen molar-refractivity contribution in [3.63, 3.8) is 0 Å². The highest BCUT2D eigenvalue weighted by Gasteiger charge is 2.07. The number of nitrogens with zero attached hydrogens (tertiary/aromatic N) is 2. The highest BCUT2D eigenvalue weighted by molar-refractivity contribution is 7.84. The van der Waals surface area contributed by atoms with Crippen LogP contribution in [0.4, 0.5) is 0 Å². The summed E-state index contributed by atoms with van der Waals surface area (Å²) in [6.07, 6.45) is 1.74. The Bertz CT molecular complexity index is 362. The van der Waals surface area contributed by atoms with E-state index in [1.54, 1.807) is 6.26 Å². The molecule has 92 valence electrons. The molecule has 1 heterocycles. The molecule has 0 saturated heterocycles. The van der Waals surface area contributed by atoms with Crippen molar-refractivity contribution >= 4 is 10.8 Å². The molecule has 2 atom stereocenters. The standard InChI is InChI=1S/C11H21N3OS/c1-5-14-11(6-9(2)13-14)8-12-7-10(3)16(4)15/h6,10,12H,5,7-8H2,1-4H3. The Morgan fingerprint density at radius 3 is 2.88 bits per heavy atom. The second kappa shape index (κ2) is 6.15. The van der Waals surface area contributed by atoms with Gasteiger partial charge in [-0.05, 0) is 26.8 Å². The lowest BCUT2D eigenvalue weighted by molar-refractivity contribution is 0.576. The second-order valence-electron chi connectivity index (χ2n) is 4.03. The van der Waals surface area contributed by atoms with Gasteiger partial charge in [0.2, 0.25) is 0 Å². The molecule has 0 aromatic carbocycles. The van der Waals surface area contributed by atoms with Crippen molar-refractivity contribution in [3.05, 3.63) is 17.5 Å². The van der Waals surface area contributed by atoms with Crippen LogP contribution in [-0.2, 0) is 23.9 Å². The van der Waals surface area contributed by atoms with Gasteiger partial charge in [0.05, 0.1) is 11.4 Å². The van der Waals surface area contributed by atoms with E-state index in [9.17, 15) is 4.21 Å². The predicted molar refractivity (Wildman–Crippen MR) is 67.9 cm³/mol. The third-order valence-electron chi connectivity index (χ3n) is 2.59. The SMILES string of the molecule is CCn1nc(C)cc1CNCC(C)S(C)=O. The van der Waals surface area contributed by atoms with E-state index in [1.165, 1.54) is 5.69 Å². The van der Waals surface area contributed by atoms with Gasteiger partial charge in [0, 0.05) is 41.9 Å². The summed E-state index contributed by atoms with van der Waals surface area (Å²) in [5, 5.41) is 7.89. The number of hydrogen-bond acceptors (Lipinski definition) is 3. The molecule has 16 heavy (non-hydrogen) atoms. The maximum atomic E-state index is 11.2. The van der Waals surface area contributed by atoms with Gasteiger partial charge in [-0.3, -0.25) is 8.89 Å². The van der Waals surface area contributed by atoms with Gasteiger partial charge in [0.25, 0.3) is 0 Å². The summed E-state index contributed by atoms with van der Waals surface area (Å²) in [5.74, 6) is 0. The first kappa shape index (κ1) is 13.4. The van der Waals surface area contributed by atoms with Crippen LogP contribution in [0.25, 0.3) is 0 Å². The Morgan fingerprint density at radius 1 is 1.62 bits per heavy atom. The molecule has 1 aromatic heterocycles. The lowest BCUT2D eigenvalue weighted by Gasteiger charge is -2.10. The zero-order valence-corrected chi connectivity index (χ0v) is 11.3. The Morgan fingerprint density at radius 2 is 2.31 bits per heavy atom. The minimum Gasteiger partial charge on any atom is -0.310 e. The number of aryl methyl sites for hydroxylation is 2. The quantitative estimate of drug-likeness (QED) is 0.813. The molecule has 0 spiro atoms. The van der Waals surface area contributed by atoms with Crippen molar-refractivity contribution in [1.82, 2.24) is 15.1 Å². The van der Waals surface area contributed by atoms with E-state index in [-0.39, 0.29) is 5.25 Å². The van der Waals surface area contributed by atoms with Crippen LogP contribution in [0, 0.1) is 6.92 Å². The first-order valence-electron chi connectivity index (χ1n) is 5.60. The maximum Gasteiger partial charge on any atom is 0.0597 e. The van der Waals surface area contributed by atoms with E-state index < -0.39 is 10.8 Å². The second-order valence-corrected chi connectivity index (χ2v) is 5.83. The van der Waals surface area contributed by atoms with Gasteiger partial charge in [-0.15, -0.1) is 0 Å². The van der Waals surface area contributed by atoms with Gasteiger partial charge in [0.15, 0.2) is 0 Å². The lowest BCUT2D eigenvalue weighted by atomic mass is 10.3. The molecule has 0 fully saturated rings. The van der Waals surface area contributed by atoms with E-state index in [2.05, 4.69) is 23.4 Å². The van der Waals surface area contributed by atoms with Crippen molar-refractivity contribution in [2.75, 3.05) is 12.8 Å². The fourth-order valence-corrected chi connectivity index (χ4v) is 1.89. The van der Waals surface area contributed by atoms with E-state index in [0.29, 0.717) is 0 Å². The van der Waals surface area contributed by atoms with Crippen molar-refractivity contribution in [3.8, 4) is 0 Å². The molecule has 0 amide bonds. The first-order valence-corrected chi connectivity index (χ1v) is 7.23. The van der Waals surface area contributed by atoms with Crippen molar-refractivity contribution in [1.29, 1.82) is 0 Å². The Labute approximate surface area is 99.9 Å². The van der Waals surface area contributed by atoms with Crippen LogP contribution in [-0.4, -0.2) is 32.0 Å². The average Bonchev–Trinajstić information content (AvgIpc) is 2.58. The minimum absolute atomic E-state index is 0.194. The van der Waals surface area contributed by atoms with E-state index in [1.807, 2.05) is 18.5 Å². The molecular formula is C11H21N3OS. The fourth-order valence-electron chi connectivity index (χ4n) is 1.54. The summed E-state index contributed by atoms with van der Waals surface area (Å²) < 4.78 is 13.2. The molecule has 0 aliphatic heterocycles. The summed E-state index contributed by atoms with van der Waals surface area (Å²) in [4.78, 5) is 0. The number of aromatic nitrogens is 2. The average molecular weight is 243 g/mol. The molecule has 4 nitrogen and oxygen atoms in total. The highest BCUT2D eigenvalue weighted by Crippen LogP contribution is 2.03. The number of nitrogens with one attached hydrogen (secondary N) is 1. The van der Waals surface area contributed by atoms with Gasteiger partial charge in [-0.25, -0.2) is 0 Å². The fraction of sp³-hybridized carbons (Fsp3) is 0.727. The molecule has 5 heteroatoms. The van der Waals surface area contributed by atoms with Crippen molar-refractivity contribution in [2.45, 2.75) is 39.1 Å². The van der Waals surface area contributed by atoms with Crippen LogP contribution in [0.15, 0.2) is 6.07 Å². The molecule has 0 radical (unpaired) electrons. The third kappa shape index (κ3) is 3.72. The van der Waals surface area contributed by atoms with Crippen LogP contribution in [0.1, 0.15) is 25.2 Å². The van der Waals surface area contributed by atoms with Crippen molar-refractivity contribution in [2.24, 2.45) is 0 Å². The summed E-state index contributed by atoms with van der Waals surface area (Å²) >= 11 is 0. The Kier molecular flexibility index (Phi) is 5.15. The molecular weight excluding hydrogens is 222 g/mol. The predicted octanol–water partition coefficient (Wildman–Crippen LogP) is 1.07. The molecule has 0 bridgehead atoms. The monoisotopic (exact) mass is 243 g/mol. The van der Waals surface area contributed by atoms with E-state index in [0.717, 1.165) is 25.3 Å². The number of hydrogen-bond donors (Lipinski definition) is 1. The lowest BCUT2D eigenvalue weighted by Crippen LogP contribution is -2.28. The van der Waals surface area contributed by atoms with Gasteiger partial charge in [-0.2, -0.15) is 5.10 Å². The topological polar surface area (TPSA) is 46.9 Å². The van der Waals surface area contributed by atoms with Crippen LogP contribution >= 0.6 is 0 Å². The molecule has 0 aliphatic carbocycles. The zero-order chi connectivity index (χ0) is 12.1.